The Kier molecular flexibility index (Phi) is 4.84. The number of fused-ring (bicyclic) bond motifs is 1. The van der Waals surface area contributed by atoms with E-state index >= 15 is 0 Å². The number of ether oxygens (including phenoxy) is 1. The number of hydrogen-bond acceptors (Lipinski definition) is 5. The third-order valence-electron chi connectivity index (χ3n) is 4.93. The number of ketones is 2. The summed E-state index contributed by atoms with van der Waals surface area (Å²) < 4.78 is 5.39. The van der Waals surface area contributed by atoms with Crippen molar-refractivity contribution in [1.82, 2.24) is 4.90 Å². The summed E-state index contributed by atoms with van der Waals surface area (Å²) in [6.45, 7) is 2.10. The Balaban J connectivity index is 1.79. The van der Waals surface area contributed by atoms with Crippen LogP contribution in [0, 0.1) is 0 Å². The normalized spacial score (nSPS) is 21.2. The molecule has 0 aromatic heterocycles. The Labute approximate surface area is 176 Å². The summed E-state index contributed by atoms with van der Waals surface area (Å²) in [5.41, 5.74) is 0.735. The highest BCUT2D eigenvalue weighted by molar-refractivity contribution is 6.50. The fourth-order valence-electron chi connectivity index (χ4n) is 3.55. The second-order valence-electron chi connectivity index (χ2n) is 6.58. The molecule has 1 heterocycles. The topological polar surface area (TPSA) is 83.9 Å². The Morgan fingerprint density at radius 2 is 1.72 bits per heavy atom. The number of likely N-dealkylation sites (tertiary alicyclic amines) is 1. The number of nitrogens with zero attached hydrogens (tertiary/aromatic N) is 1. The number of halogens is 2. The fraction of sp³-hybridized carbons (Fsp3) is 0.190. The molecule has 1 saturated heterocycles. The van der Waals surface area contributed by atoms with E-state index in [0.29, 0.717) is 12.2 Å². The first kappa shape index (κ1) is 19.5. The maximum absolute atomic E-state index is 13.1. The van der Waals surface area contributed by atoms with Crippen molar-refractivity contribution < 1.29 is 24.2 Å². The third-order valence-corrected chi connectivity index (χ3v) is 5.71. The molecule has 148 valence electrons. The van der Waals surface area contributed by atoms with Crippen LogP contribution >= 0.6 is 23.2 Å². The summed E-state index contributed by atoms with van der Waals surface area (Å²) in [6.07, 6.45) is 0. The molecule has 8 heteroatoms. The molecule has 0 bridgehead atoms. The van der Waals surface area contributed by atoms with Crippen molar-refractivity contribution in [1.29, 1.82) is 0 Å². The maximum atomic E-state index is 13.1. The molecule has 0 radical (unpaired) electrons. The minimum Gasteiger partial charge on any atom is -0.504 e. The molecule has 0 saturated carbocycles. The number of phenolic OH excluding ortho intramolecular Hbond substituents is 1. The molecule has 1 amide bonds. The highest BCUT2D eigenvalue weighted by Gasteiger charge is 2.52. The number of allylic oxidation sites excluding steroid dienone is 2. The highest BCUT2D eigenvalue weighted by atomic mass is 35.5. The smallest absolute Gasteiger partial charge is 0.248 e. The zero-order chi connectivity index (χ0) is 20.9. The van der Waals surface area contributed by atoms with Gasteiger partial charge in [-0.3, -0.25) is 19.3 Å². The van der Waals surface area contributed by atoms with Crippen molar-refractivity contribution >= 4 is 40.7 Å². The fourth-order valence-corrected chi connectivity index (χ4v) is 4.20. The third kappa shape index (κ3) is 2.91. The van der Waals surface area contributed by atoms with Gasteiger partial charge in [0.2, 0.25) is 17.5 Å². The molecule has 0 spiro atoms. The largest absolute Gasteiger partial charge is 0.504 e. The summed E-state index contributed by atoms with van der Waals surface area (Å²) in [5, 5.41) is 8.66. The van der Waals surface area contributed by atoms with Crippen molar-refractivity contribution in [3.8, 4) is 11.5 Å². The van der Waals surface area contributed by atoms with Crippen molar-refractivity contribution in [2.45, 2.75) is 18.3 Å². The molecule has 29 heavy (non-hydrogen) atoms. The minimum atomic E-state index is -0.953. The molecular formula is C21H15Cl2NO5. The van der Waals surface area contributed by atoms with Gasteiger partial charge in [-0.2, -0.15) is 0 Å². The molecule has 2 aromatic carbocycles. The van der Waals surface area contributed by atoms with Crippen LogP contribution < -0.4 is 4.74 Å². The first-order valence-corrected chi connectivity index (χ1v) is 9.69. The van der Waals surface area contributed by atoms with Crippen LogP contribution in [0.3, 0.4) is 0 Å². The standard InChI is InChI=1S/C21H15Cl2NO5/c1-2-29-14-9-10(7-8-13(14)25)17-16(23)21(28)24(17)18-15(22)19(26)11-5-3-4-6-12(11)20(18)27/h3-9,16-17,25H,2H2,1H3. The average Bonchev–Trinajstić information content (AvgIpc) is 2.73. The lowest BCUT2D eigenvalue weighted by atomic mass is 9.86. The predicted octanol–water partition coefficient (Wildman–Crippen LogP) is 3.81. The summed E-state index contributed by atoms with van der Waals surface area (Å²) in [7, 11) is 0. The number of rotatable bonds is 4. The van der Waals surface area contributed by atoms with E-state index in [2.05, 4.69) is 0 Å². The van der Waals surface area contributed by atoms with Crippen LogP contribution in [-0.2, 0) is 4.79 Å². The molecule has 2 atom stereocenters. The minimum absolute atomic E-state index is 0.0611. The molecule has 2 aromatic rings. The number of Topliss-reactive ketones (excluding diaryl/α,β-unsaturated/α-hetero) is 2. The number of benzene rings is 2. The molecule has 1 aliphatic heterocycles. The first-order chi connectivity index (χ1) is 13.9. The number of aromatic hydroxyl groups is 1. The molecule has 4 rings (SSSR count). The summed E-state index contributed by atoms with van der Waals surface area (Å²) in [4.78, 5) is 39.5. The number of phenols is 1. The van der Waals surface area contributed by atoms with Gasteiger partial charge in [-0.15, -0.1) is 11.6 Å². The van der Waals surface area contributed by atoms with Gasteiger partial charge in [0.25, 0.3) is 0 Å². The van der Waals surface area contributed by atoms with Crippen molar-refractivity contribution in [3.05, 3.63) is 69.9 Å². The van der Waals surface area contributed by atoms with Gasteiger partial charge in [-0.25, -0.2) is 0 Å². The Bertz CT molecular complexity index is 1090. The second-order valence-corrected chi connectivity index (χ2v) is 7.43. The van der Waals surface area contributed by atoms with Crippen LogP contribution in [-0.4, -0.2) is 39.5 Å². The quantitative estimate of drug-likeness (QED) is 0.587. The molecule has 2 aliphatic rings. The first-order valence-electron chi connectivity index (χ1n) is 8.87. The number of alkyl halides is 1. The van der Waals surface area contributed by atoms with Gasteiger partial charge in [-0.05, 0) is 24.6 Å². The molecule has 1 aliphatic carbocycles. The number of carbonyl (C=O) groups is 3. The zero-order valence-corrected chi connectivity index (χ0v) is 16.7. The summed E-state index contributed by atoms with van der Waals surface area (Å²) in [5.74, 6) is -1.41. The lowest BCUT2D eigenvalue weighted by molar-refractivity contribution is -0.141. The van der Waals surface area contributed by atoms with Gasteiger partial charge >= 0.3 is 0 Å². The monoisotopic (exact) mass is 431 g/mol. The van der Waals surface area contributed by atoms with Crippen LogP contribution in [0.5, 0.6) is 11.5 Å². The molecule has 2 unspecified atom stereocenters. The van der Waals surface area contributed by atoms with E-state index in [1.807, 2.05) is 0 Å². The molecule has 1 N–H and O–H groups in total. The maximum Gasteiger partial charge on any atom is 0.248 e. The summed E-state index contributed by atoms with van der Waals surface area (Å²) in [6, 6.07) is 10.1. The van der Waals surface area contributed by atoms with E-state index < -0.39 is 28.9 Å². The van der Waals surface area contributed by atoms with E-state index in [4.69, 9.17) is 27.9 Å². The average molecular weight is 432 g/mol. The molecular weight excluding hydrogens is 417 g/mol. The van der Waals surface area contributed by atoms with Crippen LogP contribution in [0.1, 0.15) is 39.2 Å². The Hall–Kier alpha value is -2.83. The SMILES string of the molecule is CCOc1cc(C2C(Cl)C(=O)N2C2=C(Cl)C(=O)c3ccccc3C2=O)ccc1O. The van der Waals surface area contributed by atoms with Gasteiger partial charge in [0.05, 0.1) is 12.6 Å². The second kappa shape index (κ2) is 7.21. The van der Waals surface area contributed by atoms with E-state index in [1.54, 1.807) is 31.2 Å². The van der Waals surface area contributed by atoms with Gasteiger partial charge in [0, 0.05) is 11.1 Å². The van der Waals surface area contributed by atoms with E-state index in [-0.39, 0.29) is 33.4 Å². The predicted molar refractivity (Wildman–Crippen MR) is 106 cm³/mol. The molecule has 6 nitrogen and oxygen atoms in total. The van der Waals surface area contributed by atoms with Gasteiger partial charge < -0.3 is 9.84 Å². The van der Waals surface area contributed by atoms with Crippen molar-refractivity contribution in [2.24, 2.45) is 0 Å². The van der Waals surface area contributed by atoms with E-state index in [1.165, 1.54) is 18.2 Å². The Morgan fingerprint density at radius 1 is 1.07 bits per heavy atom. The number of β-lactam (4-membered cyclic amide) rings is 1. The van der Waals surface area contributed by atoms with Gasteiger partial charge in [-0.1, -0.05) is 41.9 Å². The molecule has 1 fully saturated rings. The van der Waals surface area contributed by atoms with Crippen LogP contribution in [0.15, 0.2) is 53.2 Å². The van der Waals surface area contributed by atoms with Crippen LogP contribution in [0.2, 0.25) is 0 Å². The Morgan fingerprint density at radius 3 is 2.38 bits per heavy atom. The van der Waals surface area contributed by atoms with Crippen LogP contribution in [0.4, 0.5) is 0 Å². The zero-order valence-electron chi connectivity index (χ0n) is 15.2. The number of amides is 1. The van der Waals surface area contributed by atoms with Gasteiger partial charge in [0.15, 0.2) is 11.5 Å². The number of hydrogen-bond donors (Lipinski definition) is 1. The van der Waals surface area contributed by atoms with Crippen LogP contribution in [0.25, 0.3) is 0 Å². The lowest BCUT2D eigenvalue weighted by Crippen LogP contribution is -2.57. The number of carbonyl (C=O) groups excluding carboxylic acids is 3. The van der Waals surface area contributed by atoms with Crippen molar-refractivity contribution in [2.75, 3.05) is 6.61 Å². The van der Waals surface area contributed by atoms with E-state index in [9.17, 15) is 19.5 Å². The summed E-state index contributed by atoms with van der Waals surface area (Å²) >= 11 is 12.5. The highest BCUT2D eigenvalue weighted by Crippen LogP contribution is 2.46. The lowest BCUT2D eigenvalue weighted by Gasteiger charge is -2.46. The van der Waals surface area contributed by atoms with Gasteiger partial charge in [0.1, 0.15) is 16.1 Å². The van der Waals surface area contributed by atoms with E-state index in [0.717, 1.165) is 4.90 Å². The van der Waals surface area contributed by atoms with Crippen molar-refractivity contribution in [3.63, 3.8) is 0 Å².